The summed E-state index contributed by atoms with van der Waals surface area (Å²) >= 11 is 0. The molecule has 0 radical (unpaired) electrons. The summed E-state index contributed by atoms with van der Waals surface area (Å²) in [4.78, 5) is 4.72. The molecular weight excluding hydrogens is 154 g/mol. The van der Waals surface area contributed by atoms with Crippen LogP contribution in [0.5, 0.6) is 0 Å². The van der Waals surface area contributed by atoms with Gasteiger partial charge in [0.1, 0.15) is 18.7 Å². The van der Waals surface area contributed by atoms with Crippen molar-refractivity contribution >= 4 is 5.71 Å². The molecule has 0 fully saturated rings. The lowest BCUT2D eigenvalue weighted by Gasteiger charge is -1.95. The summed E-state index contributed by atoms with van der Waals surface area (Å²) in [6.07, 6.45) is 3.09. The van der Waals surface area contributed by atoms with Gasteiger partial charge in [-0.25, -0.2) is 0 Å². The van der Waals surface area contributed by atoms with Crippen molar-refractivity contribution in [2.24, 2.45) is 5.16 Å². The fourth-order valence-corrected chi connectivity index (χ4v) is 0.593. The van der Waals surface area contributed by atoms with Gasteiger partial charge in [-0.05, 0) is 6.42 Å². The Kier molecular flexibility index (Phi) is 6.58. The van der Waals surface area contributed by atoms with E-state index in [0.29, 0.717) is 6.61 Å². The van der Waals surface area contributed by atoms with Crippen molar-refractivity contribution in [1.29, 1.82) is 10.5 Å². The van der Waals surface area contributed by atoms with Crippen LogP contribution < -0.4 is 0 Å². The summed E-state index contributed by atoms with van der Waals surface area (Å²) in [6.45, 7) is 2.56. The highest BCUT2D eigenvalue weighted by molar-refractivity contribution is 6.09. The van der Waals surface area contributed by atoms with E-state index in [9.17, 15) is 0 Å². The van der Waals surface area contributed by atoms with Gasteiger partial charge in [-0.2, -0.15) is 10.5 Å². The lowest BCUT2D eigenvalue weighted by atomic mass is 10.3. The van der Waals surface area contributed by atoms with Gasteiger partial charge in [-0.1, -0.05) is 24.9 Å². The van der Waals surface area contributed by atoms with Crippen molar-refractivity contribution < 1.29 is 4.84 Å². The molecule has 0 aliphatic heterocycles. The van der Waals surface area contributed by atoms with E-state index in [1.807, 2.05) is 0 Å². The van der Waals surface area contributed by atoms with Crippen LogP contribution in [0.3, 0.4) is 0 Å². The monoisotopic (exact) mass is 165 g/mol. The van der Waals surface area contributed by atoms with Crippen molar-refractivity contribution in [3.63, 3.8) is 0 Å². The maximum absolute atomic E-state index is 8.25. The highest BCUT2D eigenvalue weighted by atomic mass is 16.6. The molecule has 0 aliphatic carbocycles. The van der Waals surface area contributed by atoms with Crippen LogP contribution in [0, 0.1) is 22.7 Å². The van der Waals surface area contributed by atoms with Crippen molar-refractivity contribution in [2.45, 2.75) is 26.2 Å². The van der Waals surface area contributed by atoms with Crippen molar-refractivity contribution in [1.82, 2.24) is 0 Å². The number of oxime groups is 1. The van der Waals surface area contributed by atoms with Gasteiger partial charge in [0.15, 0.2) is 0 Å². The summed E-state index contributed by atoms with van der Waals surface area (Å²) < 4.78 is 0. The van der Waals surface area contributed by atoms with Crippen LogP contribution in [0.4, 0.5) is 0 Å². The van der Waals surface area contributed by atoms with Crippen LogP contribution in [-0.4, -0.2) is 12.3 Å². The Labute approximate surface area is 72.0 Å². The Balaban J connectivity index is 3.48. The molecule has 0 saturated heterocycles. The van der Waals surface area contributed by atoms with Gasteiger partial charge in [0.25, 0.3) is 5.71 Å². The van der Waals surface area contributed by atoms with Crippen LogP contribution in [0.25, 0.3) is 0 Å². The second-order valence-electron chi connectivity index (χ2n) is 2.20. The molecule has 0 amide bonds. The molecule has 12 heavy (non-hydrogen) atoms. The van der Waals surface area contributed by atoms with E-state index < -0.39 is 0 Å². The van der Waals surface area contributed by atoms with Crippen LogP contribution in [0.1, 0.15) is 26.2 Å². The van der Waals surface area contributed by atoms with E-state index in [4.69, 9.17) is 15.4 Å². The van der Waals surface area contributed by atoms with Crippen LogP contribution >= 0.6 is 0 Å². The van der Waals surface area contributed by atoms with E-state index in [1.165, 1.54) is 0 Å². The normalized spacial score (nSPS) is 7.92. The molecule has 0 aromatic rings. The Hall–Kier alpha value is -1.55. The quantitative estimate of drug-likeness (QED) is 0.353. The van der Waals surface area contributed by atoms with Crippen molar-refractivity contribution in [3.05, 3.63) is 0 Å². The minimum atomic E-state index is -0.230. The van der Waals surface area contributed by atoms with Gasteiger partial charge >= 0.3 is 0 Å². The molecule has 0 rings (SSSR count). The zero-order chi connectivity index (χ0) is 9.23. The smallest absolute Gasteiger partial charge is 0.256 e. The Morgan fingerprint density at radius 2 is 2.00 bits per heavy atom. The highest BCUT2D eigenvalue weighted by Crippen LogP contribution is 1.94. The standard InChI is InChI=1S/C8H11N3O/c1-2-3-4-5-12-11-8(6-9)7-10/h2-5H2,1H3. The third-order valence-corrected chi connectivity index (χ3v) is 1.21. The molecule has 0 atom stereocenters. The van der Waals surface area contributed by atoms with Gasteiger partial charge in [-0.3, -0.25) is 0 Å². The lowest BCUT2D eigenvalue weighted by Crippen LogP contribution is -1.93. The average Bonchev–Trinajstić information content (AvgIpc) is 2.11. The molecule has 0 aliphatic rings. The van der Waals surface area contributed by atoms with E-state index in [0.717, 1.165) is 19.3 Å². The fraction of sp³-hybridized carbons (Fsp3) is 0.625. The van der Waals surface area contributed by atoms with Crippen molar-refractivity contribution in [2.75, 3.05) is 6.61 Å². The predicted octanol–water partition coefficient (Wildman–Crippen LogP) is 1.60. The molecule has 0 unspecified atom stereocenters. The summed E-state index contributed by atoms with van der Waals surface area (Å²) in [6, 6.07) is 3.21. The number of nitriles is 2. The largest absolute Gasteiger partial charge is 0.394 e. The number of nitrogens with zero attached hydrogens (tertiary/aromatic N) is 3. The molecular formula is C8H11N3O. The first-order chi connectivity index (χ1) is 5.85. The maximum Gasteiger partial charge on any atom is 0.256 e. The Bertz CT molecular complexity index is 205. The first kappa shape index (κ1) is 10.4. The van der Waals surface area contributed by atoms with E-state index in [2.05, 4.69) is 12.1 Å². The average molecular weight is 165 g/mol. The first-order valence-corrected chi connectivity index (χ1v) is 3.85. The molecule has 0 heterocycles. The topological polar surface area (TPSA) is 69.2 Å². The Morgan fingerprint density at radius 3 is 2.50 bits per heavy atom. The van der Waals surface area contributed by atoms with Crippen LogP contribution in [0.2, 0.25) is 0 Å². The van der Waals surface area contributed by atoms with Crippen molar-refractivity contribution in [3.8, 4) is 12.1 Å². The van der Waals surface area contributed by atoms with Crippen LogP contribution in [-0.2, 0) is 4.84 Å². The number of rotatable bonds is 5. The van der Waals surface area contributed by atoms with E-state index in [-0.39, 0.29) is 5.71 Å². The van der Waals surface area contributed by atoms with Gasteiger partial charge < -0.3 is 4.84 Å². The molecule has 0 spiro atoms. The van der Waals surface area contributed by atoms with E-state index >= 15 is 0 Å². The summed E-state index contributed by atoms with van der Waals surface area (Å²) in [7, 11) is 0. The molecule has 0 N–H and O–H groups in total. The van der Waals surface area contributed by atoms with Crippen LogP contribution in [0.15, 0.2) is 5.16 Å². The molecule has 0 saturated carbocycles. The summed E-state index contributed by atoms with van der Waals surface area (Å²) in [5, 5.41) is 19.8. The highest BCUT2D eigenvalue weighted by Gasteiger charge is 1.92. The predicted molar refractivity (Wildman–Crippen MR) is 44.1 cm³/mol. The zero-order valence-corrected chi connectivity index (χ0v) is 7.08. The van der Waals surface area contributed by atoms with E-state index in [1.54, 1.807) is 12.1 Å². The second kappa shape index (κ2) is 7.56. The number of unbranched alkanes of at least 4 members (excludes halogenated alkanes) is 2. The third-order valence-electron chi connectivity index (χ3n) is 1.21. The summed E-state index contributed by atoms with van der Waals surface area (Å²) in [5.74, 6) is 0. The first-order valence-electron chi connectivity index (χ1n) is 3.85. The maximum atomic E-state index is 8.25. The zero-order valence-electron chi connectivity index (χ0n) is 7.08. The van der Waals surface area contributed by atoms with Gasteiger partial charge in [0.2, 0.25) is 0 Å². The summed E-state index contributed by atoms with van der Waals surface area (Å²) in [5.41, 5.74) is -0.230. The lowest BCUT2D eigenvalue weighted by molar-refractivity contribution is 0.141. The fourth-order valence-electron chi connectivity index (χ4n) is 0.593. The van der Waals surface area contributed by atoms with Gasteiger partial charge in [-0.15, -0.1) is 0 Å². The molecule has 4 nitrogen and oxygen atoms in total. The minimum Gasteiger partial charge on any atom is -0.394 e. The van der Waals surface area contributed by atoms with Gasteiger partial charge in [0, 0.05) is 0 Å². The number of hydrogen-bond acceptors (Lipinski definition) is 4. The van der Waals surface area contributed by atoms with Gasteiger partial charge in [0.05, 0.1) is 0 Å². The molecule has 0 bridgehead atoms. The molecule has 0 aromatic carbocycles. The minimum absolute atomic E-state index is 0.230. The SMILES string of the molecule is CCCCCON=C(C#N)C#N. The molecule has 64 valence electrons. The molecule has 0 aromatic heterocycles. The molecule has 4 heteroatoms. The Morgan fingerprint density at radius 1 is 1.33 bits per heavy atom. The third kappa shape index (κ3) is 5.25. The second-order valence-corrected chi connectivity index (χ2v) is 2.20. The number of hydrogen-bond donors (Lipinski definition) is 0.